The van der Waals surface area contributed by atoms with E-state index in [1.165, 1.54) is 31.6 Å². The van der Waals surface area contributed by atoms with E-state index in [2.05, 4.69) is 81.7 Å². The Morgan fingerprint density at radius 1 is 1.10 bits per heavy atom. The van der Waals surface area contributed by atoms with Gasteiger partial charge in [-0.15, -0.1) is 24.0 Å². The molecule has 1 aromatic carbocycles. The third-order valence-corrected chi connectivity index (χ3v) is 5.64. The van der Waals surface area contributed by atoms with Crippen LogP contribution in [0.3, 0.4) is 0 Å². The monoisotopic (exact) mass is 516 g/mol. The van der Waals surface area contributed by atoms with Crippen molar-refractivity contribution in [2.24, 2.45) is 4.99 Å². The summed E-state index contributed by atoms with van der Waals surface area (Å²) in [5, 5.41) is 6.92. The van der Waals surface area contributed by atoms with Crippen molar-refractivity contribution in [2.75, 3.05) is 67.0 Å². The molecule has 7 heteroatoms. The molecule has 1 heterocycles. The van der Waals surface area contributed by atoms with Crippen molar-refractivity contribution in [1.82, 2.24) is 25.3 Å². The number of benzene rings is 1. The van der Waals surface area contributed by atoms with Gasteiger partial charge >= 0.3 is 0 Å². The molecule has 0 bridgehead atoms. The van der Waals surface area contributed by atoms with Gasteiger partial charge in [0.15, 0.2) is 5.96 Å². The fourth-order valence-electron chi connectivity index (χ4n) is 3.52. The first-order chi connectivity index (χ1) is 13.6. The third kappa shape index (κ3) is 10.6. The summed E-state index contributed by atoms with van der Waals surface area (Å²) in [6.45, 7) is 11.0. The summed E-state index contributed by atoms with van der Waals surface area (Å²) in [5.74, 6) is 0.907. The largest absolute Gasteiger partial charge is 0.356 e. The zero-order valence-electron chi connectivity index (χ0n) is 18.7. The van der Waals surface area contributed by atoms with Gasteiger partial charge in [0.05, 0.1) is 0 Å². The van der Waals surface area contributed by atoms with Gasteiger partial charge in [-0.1, -0.05) is 30.3 Å². The maximum atomic E-state index is 4.36. The summed E-state index contributed by atoms with van der Waals surface area (Å²) in [7, 11) is 6.26. The van der Waals surface area contributed by atoms with Gasteiger partial charge in [-0.25, -0.2) is 0 Å². The van der Waals surface area contributed by atoms with Crippen LogP contribution in [-0.4, -0.2) is 93.7 Å². The van der Waals surface area contributed by atoms with Crippen molar-refractivity contribution in [3.05, 3.63) is 35.9 Å². The molecule has 0 amide bonds. The Balaban J connectivity index is 0.00000420. The van der Waals surface area contributed by atoms with Gasteiger partial charge in [-0.05, 0) is 52.5 Å². The molecule has 0 radical (unpaired) electrons. The van der Waals surface area contributed by atoms with Crippen LogP contribution < -0.4 is 10.6 Å². The van der Waals surface area contributed by atoms with E-state index in [-0.39, 0.29) is 24.0 Å². The smallest absolute Gasteiger partial charge is 0.191 e. The second-order valence-corrected chi connectivity index (χ2v) is 7.96. The lowest BCUT2D eigenvalue weighted by Gasteiger charge is -2.25. The van der Waals surface area contributed by atoms with Gasteiger partial charge in [0.2, 0.25) is 0 Å². The maximum Gasteiger partial charge on any atom is 0.191 e. The number of nitrogens with one attached hydrogen (secondary N) is 2. The van der Waals surface area contributed by atoms with E-state index >= 15 is 0 Å². The molecule has 6 nitrogen and oxygen atoms in total. The van der Waals surface area contributed by atoms with Gasteiger partial charge in [-0.2, -0.15) is 0 Å². The molecule has 1 unspecified atom stereocenters. The number of halogens is 1. The van der Waals surface area contributed by atoms with Crippen LogP contribution in [0.25, 0.3) is 0 Å². The maximum absolute atomic E-state index is 4.36. The van der Waals surface area contributed by atoms with Crippen molar-refractivity contribution >= 4 is 29.9 Å². The molecule has 0 aromatic heterocycles. The second-order valence-electron chi connectivity index (χ2n) is 7.96. The standard InChI is InChI=1S/C22H40N6.HI/c1-20(27(4)19-21-9-6-5-7-10-21)11-12-24-22(23-2)25-13-16-28-15-8-14-26(3)17-18-28;/h5-7,9-10,20H,8,11-19H2,1-4H3,(H2,23,24,25);1H. The van der Waals surface area contributed by atoms with Crippen LogP contribution in [-0.2, 0) is 6.54 Å². The molecule has 1 aliphatic rings. The van der Waals surface area contributed by atoms with Gasteiger partial charge in [-0.3, -0.25) is 9.89 Å². The van der Waals surface area contributed by atoms with Gasteiger partial charge in [0.1, 0.15) is 0 Å². The normalized spacial score (nSPS) is 17.5. The quantitative estimate of drug-likeness (QED) is 0.300. The van der Waals surface area contributed by atoms with E-state index in [0.717, 1.165) is 45.1 Å². The van der Waals surface area contributed by atoms with E-state index in [4.69, 9.17) is 0 Å². The predicted octanol–water partition coefficient (Wildman–Crippen LogP) is 2.32. The zero-order valence-corrected chi connectivity index (χ0v) is 21.1. The molecule has 1 saturated heterocycles. The predicted molar refractivity (Wildman–Crippen MR) is 135 cm³/mol. The summed E-state index contributed by atoms with van der Waals surface area (Å²) in [6.07, 6.45) is 2.35. The first-order valence-corrected chi connectivity index (χ1v) is 10.7. The first-order valence-electron chi connectivity index (χ1n) is 10.7. The van der Waals surface area contributed by atoms with Crippen molar-refractivity contribution in [3.63, 3.8) is 0 Å². The molecule has 166 valence electrons. The highest BCUT2D eigenvalue weighted by atomic mass is 127. The molecule has 0 spiro atoms. The number of nitrogens with zero attached hydrogens (tertiary/aromatic N) is 4. The molecular formula is C22H41IN6. The highest BCUT2D eigenvalue weighted by molar-refractivity contribution is 14.0. The first kappa shape index (κ1) is 26.1. The average Bonchev–Trinajstić information content (AvgIpc) is 2.91. The lowest BCUT2D eigenvalue weighted by atomic mass is 10.1. The average molecular weight is 517 g/mol. The Morgan fingerprint density at radius 3 is 2.55 bits per heavy atom. The van der Waals surface area contributed by atoms with E-state index < -0.39 is 0 Å². The van der Waals surface area contributed by atoms with Crippen LogP contribution in [0.5, 0.6) is 0 Å². The molecule has 0 saturated carbocycles. The Bertz CT molecular complexity index is 568. The number of rotatable bonds is 9. The number of hydrogen-bond donors (Lipinski definition) is 2. The highest BCUT2D eigenvalue weighted by Crippen LogP contribution is 2.07. The Hall–Kier alpha value is -0.900. The topological polar surface area (TPSA) is 46.1 Å². The minimum atomic E-state index is 0. The Morgan fingerprint density at radius 2 is 1.83 bits per heavy atom. The summed E-state index contributed by atoms with van der Waals surface area (Å²) in [4.78, 5) is 11.7. The molecule has 2 rings (SSSR count). The molecular weight excluding hydrogens is 475 g/mol. The summed E-state index contributed by atoms with van der Waals surface area (Å²) in [6, 6.07) is 11.2. The molecule has 2 N–H and O–H groups in total. The zero-order chi connectivity index (χ0) is 20.2. The fourth-order valence-corrected chi connectivity index (χ4v) is 3.52. The van der Waals surface area contributed by atoms with Gasteiger partial charge in [0, 0.05) is 52.4 Å². The number of hydrogen-bond acceptors (Lipinski definition) is 4. The Labute approximate surface area is 195 Å². The van der Waals surface area contributed by atoms with Gasteiger partial charge < -0.3 is 20.4 Å². The van der Waals surface area contributed by atoms with E-state index in [9.17, 15) is 0 Å². The number of guanidine groups is 1. The van der Waals surface area contributed by atoms with Crippen molar-refractivity contribution < 1.29 is 0 Å². The summed E-state index contributed by atoms with van der Waals surface area (Å²) < 4.78 is 0. The lowest BCUT2D eigenvalue weighted by Crippen LogP contribution is -2.43. The molecule has 1 aromatic rings. The number of aliphatic imine (C=N–C) groups is 1. The minimum absolute atomic E-state index is 0. The van der Waals surface area contributed by atoms with Crippen molar-refractivity contribution in [2.45, 2.75) is 32.4 Å². The third-order valence-electron chi connectivity index (χ3n) is 5.64. The van der Waals surface area contributed by atoms with Crippen LogP contribution in [0, 0.1) is 0 Å². The van der Waals surface area contributed by atoms with Crippen LogP contribution in [0.2, 0.25) is 0 Å². The molecule has 29 heavy (non-hydrogen) atoms. The van der Waals surface area contributed by atoms with Crippen molar-refractivity contribution in [1.29, 1.82) is 0 Å². The van der Waals surface area contributed by atoms with Crippen LogP contribution in [0.15, 0.2) is 35.3 Å². The second kappa shape index (κ2) is 15.0. The number of likely N-dealkylation sites (N-methyl/N-ethyl adjacent to an activating group) is 1. The molecule has 1 fully saturated rings. The Kier molecular flexibility index (Phi) is 13.5. The van der Waals surface area contributed by atoms with E-state index in [1.54, 1.807) is 0 Å². The van der Waals surface area contributed by atoms with E-state index in [1.807, 2.05) is 7.05 Å². The van der Waals surface area contributed by atoms with Crippen molar-refractivity contribution in [3.8, 4) is 0 Å². The molecule has 0 aliphatic carbocycles. The van der Waals surface area contributed by atoms with Crippen LogP contribution in [0.1, 0.15) is 25.3 Å². The molecule has 1 atom stereocenters. The van der Waals surface area contributed by atoms with E-state index in [0.29, 0.717) is 6.04 Å². The summed E-state index contributed by atoms with van der Waals surface area (Å²) in [5.41, 5.74) is 1.36. The fraction of sp³-hybridized carbons (Fsp3) is 0.682. The lowest BCUT2D eigenvalue weighted by molar-refractivity contribution is 0.238. The van der Waals surface area contributed by atoms with Crippen LogP contribution in [0.4, 0.5) is 0 Å². The summed E-state index contributed by atoms with van der Waals surface area (Å²) >= 11 is 0. The van der Waals surface area contributed by atoms with Crippen LogP contribution >= 0.6 is 24.0 Å². The minimum Gasteiger partial charge on any atom is -0.356 e. The SMILES string of the molecule is CN=C(NCCC(C)N(C)Cc1ccccc1)NCCN1CCCN(C)CC1.I. The highest BCUT2D eigenvalue weighted by Gasteiger charge is 2.12. The van der Waals surface area contributed by atoms with Gasteiger partial charge in [0.25, 0.3) is 0 Å². The molecule has 1 aliphatic heterocycles.